The van der Waals surface area contributed by atoms with E-state index >= 15 is 0 Å². The van der Waals surface area contributed by atoms with Crippen LogP contribution < -0.4 is 11.1 Å². The summed E-state index contributed by atoms with van der Waals surface area (Å²) in [6.07, 6.45) is 3.10. The highest BCUT2D eigenvalue weighted by Gasteiger charge is 2.22. The normalized spacial score (nSPS) is 12.3. The van der Waals surface area contributed by atoms with E-state index in [0.717, 1.165) is 19.3 Å². The van der Waals surface area contributed by atoms with Gasteiger partial charge in [-0.1, -0.05) is 26.7 Å². The lowest BCUT2D eigenvalue weighted by atomic mass is 10.1. The van der Waals surface area contributed by atoms with E-state index in [9.17, 15) is 9.59 Å². The summed E-state index contributed by atoms with van der Waals surface area (Å²) in [4.78, 5) is 22.6. The lowest BCUT2D eigenvalue weighted by Gasteiger charge is -2.11. The Balaban J connectivity index is 3.67. The second-order valence-electron chi connectivity index (χ2n) is 4.41. The Hall–Kier alpha value is -1.10. The van der Waals surface area contributed by atoms with Gasteiger partial charge in [-0.25, -0.2) is 4.79 Å². The van der Waals surface area contributed by atoms with Crippen molar-refractivity contribution in [2.75, 3.05) is 13.2 Å². The van der Waals surface area contributed by atoms with Crippen LogP contribution in [-0.2, 0) is 14.3 Å². The van der Waals surface area contributed by atoms with Crippen LogP contribution in [0.5, 0.6) is 0 Å². The van der Waals surface area contributed by atoms with Crippen LogP contribution in [0.15, 0.2) is 0 Å². The van der Waals surface area contributed by atoms with E-state index in [1.807, 2.05) is 0 Å². The molecule has 0 aromatic carbocycles. The fraction of sp³-hybridized carbons (Fsp3) is 0.833. The highest BCUT2D eigenvalue weighted by Crippen LogP contribution is 2.05. The smallest absolute Gasteiger partial charge is 0.332 e. The van der Waals surface area contributed by atoms with Crippen molar-refractivity contribution in [2.24, 2.45) is 11.7 Å². The maximum Gasteiger partial charge on any atom is 0.332 e. The van der Waals surface area contributed by atoms with E-state index in [4.69, 9.17) is 5.73 Å². The molecule has 0 bridgehead atoms. The molecule has 0 saturated carbocycles. The predicted octanol–water partition coefficient (Wildman–Crippen LogP) is 0.819. The summed E-state index contributed by atoms with van der Waals surface area (Å²) in [6.45, 7) is 6.78. The molecule has 1 atom stereocenters. The van der Waals surface area contributed by atoms with Crippen LogP contribution >= 0.6 is 0 Å². The Morgan fingerprint density at radius 1 is 1.29 bits per heavy atom. The third-order valence-electron chi connectivity index (χ3n) is 2.33. The minimum atomic E-state index is -1.21. The average Bonchev–Trinajstić information content (AvgIpc) is 2.27. The molecular weight excluding hydrogens is 220 g/mol. The largest absolute Gasteiger partial charge is 0.464 e. The number of carbonyl (C=O) groups excluding carboxylic acids is 2. The highest BCUT2D eigenvalue weighted by molar-refractivity contribution is 6.01. The average molecular weight is 244 g/mol. The maximum atomic E-state index is 11.4. The number of hydrogen-bond acceptors (Lipinski definition) is 4. The molecule has 0 aliphatic heterocycles. The van der Waals surface area contributed by atoms with E-state index in [0.29, 0.717) is 12.5 Å². The van der Waals surface area contributed by atoms with Crippen molar-refractivity contribution in [1.82, 2.24) is 5.32 Å². The standard InChI is InChI=1S/C12H24N2O3/c1-4-17-12(16)10(13)11(15)14-8-6-5-7-9(2)3/h9-10H,4-8,13H2,1-3H3,(H,14,15). The summed E-state index contributed by atoms with van der Waals surface area (Å²) >= 11 is 0. The van der Waals surface area contributed by atoms with Crippen molar-refractivity contribution in [1.29, 1.82) is 0 Å². The molecular formula is C12H24N2O3. The molecule has 100 valence electrons. The van der Waals surface area contributed by atoms with Crippen LogP contribution in [0, 0.1) is 5.92 Å². The molecule has 0 aromatic heterocycles. The number of nitrogens with one attached hydrogen (secondary N) is 1. The first-order chi connectivity index (χ1) is 7.99. The van der Waals surface area contributed by atoms with Gasteiger partial charge in [0.2, 0.25) is 5.91 Å². The van der Waals surface area contributed by atoms with Crippen molar-refractivity contribution in [3.8, 4) is 0 Å². The van der Waals surface area contributed by atoms with E-state index in [1.54, 1.807) is 6.92 Å². The second-order valence-corrected chi connectivity index (χ2v) is 4.41. The Morgan fingerprint density at radius 2 is 1.94 bits per heavy atom. The Bertz CT molecular complexity index is 242. The van der Waals surface area contributed by atoms with Crippen LogP contribution in [-0.4, -0.2) is 31.1 Å². The van der Waals surface area contributed by atoms with Gasteiger partial charge < -0.3 is 15.8 Å². The Morgan fingerprint density at radius 3 is 2.47 bits per heavy atom. The van der Waals surface area contributed by atoms with E-state index in [-0.39, 0.29) is 6.61 Å². The quantitative estimate of drug-likeness (QED) is 0.376. The number of amides is 1. The number of esters is 1. The number of ether oxygens (including phenoxy) is 1. The van der Waals surface area contributed by atoms with Gasteiger partial charge in [0.25, 0.3) is 0 Å². The number of hydrogen-bond donors (Lipinski definition) is 2. The lowest BCUT2D eigenvalue weighted by Crippen LogP contribution is -2.47. The zero-order valence-corrected chi connectivity index (χ0v) is 11.0. The first-order valence-electron chi connectivity index (χ1n) is 6.19. The Kier molecular flexibility index (Phi) is 8.40. The number of carbonyl (C=O) groups is 2. The fourth-order valence-electron chi connectivity index (χ4n) is 1.34. The van der Waals surface area contributed by atoms with Crippen molar-refractivity contribution in [3.05, 3.63) is 0 Å². The van der Waals surface area contributed by atoms with E-state index in [1.165, 1.54) is 0 Å². The summed E-state index contributed by atoms with van der Waals surface area (Å²) in [5, 5.41) is 2.63. The van der Waals surface area contributed by atoms with Gasteiger partial charge in [-0.3, -0.25) is 4.79 Å². The first-order valence-corrected chi connectivity index (χ1v) is 6.19. The van der Waals surface area contributed by atoms with Gasteiger partial charge in [0.05, 0.1) is 6.61 Å². The van der Waals surface area contributed by atoms with Crippen LogP contribution in [0.4, 0.5) is 0 Å². The minimum absolute atomic E-state index is 0.230. The molecule has 5 nitrogen and oxygen atoms in total. The molecule has 1 amide bonds. The van der Waals surface area contributed by atoms with Crippen LogP contribution in [0.25, 0.3) is 0 Å². The van der Waals surface area contributed by atoms with E-state index < -0.39 is 17.9 Å². The van der Waals surface area contributed by atoms with Gasteiger partial charge in [0.1, 0.15) is 0 Å². The topological polar surface area (TPSA) is 81.4 Å². The molecule has 0 aliphatic rings. The summed E-state index contributed by atoms with van der Waals surface area (Å²) in [5.41, 5.74) is 5.42. The van der Waals surface area contributed by atoms with Crippen molar-refractivity contribution in [3.63, 3.8) is 0 Å². The first kappa shape index (κ1) is 15.9. The monoisotopic (exact) mass is 244 g/mol. The number of nitrogens with two attached hydrogens (primary N) is 1. The molecule has 3 N–H and O–H groups in total. The van der Waals surface area contributed by atoms with Gasteiger partial charge >= 0.3 is 5.97 Å². The highest BCUT2D eigenvalue weighted by atomic mass is 16.5. The molecule has 0 fully saturated rings. The zero-order valence-electron chi connectivity index (χ0n) is 11.0. The summed E-state index contributed by atoms with van der Waals surface area (Å²) in [6, 6.07) is -1.21. The van der Waals surface area contributed by atoms with Crippen molar-refractivity contribution < 1.29 is 14.3 Å². The molecule has 0 aromatic rings. The van der Waals surface area contributed by atoms with Crippen molar-refractivity contribution in [2.45, 2.75) is 46.1 Å². The van der Waals surface area contributed by atoms with E-state index in [2.05, 4.69) is 23.9 Å². The van der Waals surface area contributed by atoms with Crippen molar-refractivity contribution >= 4 is 11.9 Å². The van der Waals surface area contributed by atoms with Crippen LogP contribution in [0.3, 0.4) is 0 Å². The summed E-state index contributed by atoms with van der Waals surface area (Å²) in [7, 11) is 0. The predicted molar refractivity (Wildman–Crippen MR) is 66.3 cm³/mol. The zero-order chi connectivity index (χ0) is 13.3. The van der Waals surface area contributed by atoms with Gasteiger partial charge in [0.15, 0.2) is 6.04 Å². The van der Waals surface area contributed by atoms with Crippen LogP contribution in [0.2, 0.25) is 0 Å². The summed E-state index contributed by atoms with van der Waals surface area (Å²) in [5.74, 6) is -0.465. The minimum Gasteiger partial charge on any atom is -0.464 e. The maximum absolute atomic E-state index is 11.4. The molecule has 0 heterocycles. The third kappa shape index (κ3) is 7.74. The molecule has 0 saturated heterocycles. The van der Waals surface area contributed by atoms with Gasteiger partial charge in [0, 0.05) is 6.54 Å². The van der Waals surface area contributed by atoms with Gasteiger partial charge in [-0.15, -0.1) is 0 Å². The molecule has 1 unspecified atom stereocenters. The molecule has 0 spiro atoms. The second kappa shape index (κ2) is 8.98. The van der Waals surface area contributed by atoms with Gasteiger partial charge in [-0.05, 0) is 19.3 Å². The summed E-state index contributed by atoms with van der Waals surface area (Å²) < 4.78 is 4.66. The third-order valence-corrected chi connectivity index (χ3v) is 2.33. The fourth-order valence-corrected chi connectivity index (χ4v) is 1.34. The Labute approximate surface area is 103 Å². The van der Waals surface area contributed by atoms with Gasteiger partial charge in [-0.2, -0.15) is 0 Å². The van der Waals surface area contributed by atoms with Crippen LogP contribution in [0.1, 0.15) is 40.0 Å². The lowest BCUT2D eigenvalue weighted by molar-refractivity contribution is -0.147. The molecule has 5 heteroatoms. The number of unbranched alkanes of at least 4 members (excludes halogenated alkanes) is 1. The number of rotatable bonds is 8. The molecule has 0 rings (SSSR count). The molecule has 0 radical (unpaired) electrons. The molecule has 17 heavy (non-hydrogen) atoms. The molecule has 0 aliphatic carbocycles. The SMILES string of the molecule is CCOC(=O)C(N)C(=O)NCCCCC(C)C.